The van der Waals surface area contributed by atoms with Crippen molar-refractivity contribution >= 4 is 0 Å². The van der Waals surface area contributed by atoms with Crippen LogP contribution in [0.25, 0.3) is 0 Å². The van der Waals surface area contributed by atoms with Crippen molar-refractivity contribution in [2.45, 2.75) is 13.2 Å². The van der Waals surface area contributed by atoms with Gasteiger partial charge in [0.05, 0.1) is 6.61 Å². The lowest BCUT2D eigenvalue weighted by Gasteiger charge is -2.10. The van der Waals surface area contributed by atoms with E-state index < -0.39 is 0 Å². The van der Waals surface area contributed by atoms with Crippen LogP contribution in [-0.2, 0) is 4.74 Å². The molecule has 1 saturated heterocycles. The Kier molecular flexibility index (Phi) is 1.30. The van der Waals surface area contributed by atoms with Gasteiger partial charge in [-0.25, -0.2) is 0 Å². The van der Waals surface area contributed by atoms with E-state index in [2.05, 4.69) is 18.9 Å². The van der Waals surface area contributed by atoms with Gasteiger partial charge in [0.15, 0.2) is 0 Å². The van der Waals surface area contributed by atoms with Crippen molar-refractivity contribution in [2.75, 3.05) is 20.2 Å². The fraction of sp³-hybridized carbons (Fsp3) is 1.00. The molecule has 2 heteroatoms. The van der Waals surface area contributed by atoms with E-state index in [9.17, 15) is 0 Å². The van der Waals surface area contributed by atoms with Crippen LogP contribution in [0.1, 0.15) is 6.92 Å². The largest absolute Gasteiger partial charge is 0.362 e. The fourth-order valence-electron chi connectivity index (χ4n) is 0.676. The molecule has 1 rings (SSSR count). The first-order chi connectivity index (χ1) is 3.30. The molecule has 0 aliphatic carbocycles. The Morgan fingerprint density at radius 3 is 2.57 bits per heavy atom. The average molecular weight is 101 g/mol. The molecular weight excluding hydrogens is 90.1 g/mol. The van der Waals surface area contributed by atoms with Gasteiger partial charge in [0, 0.05) is 6.54 Å². The molecule has 0 aromatic rings. The van der Waals surface area contributed by atoms with E-state index in [0.29, 0.717) is 6.23 Å². The van der Waals surface area contributed by atoms with Gasteiger partial charge in [-0.05, 0) is 14.0 Å². The third-order valence-corrected chi connectivity index (χ3v) is 1.42. The predicted molar refractivity (Wildman–Crippen MR) is 28.0 cm³/mol. The lowest BCUT2D eigenvalue weighted by atomic mass is 10.6. The molecule has 1 aliphatic heterocycles. The summed E-state index contributed by atoms with van der Waals surface area (Å²) in [5.41, 5.74) is 0. The first-order valence-corrected chi connectivity index (χ1v) is 2.62. The van der Waals surface area contributed by atoms with E-state index in [1.54, 1.807) is 0 Å². The van der Waals surface area contributed by atoms with Crippen molar-refractivity contribution in [2.24, 2.45) is 0 Å². The summed E-state index contributed by atoms with van der Waals surface area (Å²) in [5, 5.41) is 0. The van der Waals surface area contributed by atoms with Crippen molar-refractivity contribution in [3.8, 4) is 0 Å². The summed E-state index contributed by atoms with van der Waals surface area (Å²) >= 11 is 0. The van der Waals surface area contributed by atoms with Crippen LogP contribution in [0.2, 0.25) is 0 Å². The van der Waals surface area contributed by atoms with Gasteiger partial charge < -0.3 is 4.74 Å². The maximum atomic E-state index is 5.19. The van der Waals surface area contributed by atoms with Crippen molar-refractivity contribution in [1.82, 2.24) is 4.90 Å². The summed E-state index contributed by atoms with van der Waals surface area (Å²) in [7, 11) is 2.07. The molecule has 1 atom stereocenters. The highest BCUT2D eigenvalue weighted by molar-refractivity contribution is 4.58. The van der Waals surface area contributed by atoms with Gasteiger partial charge in [0.25, 0.3) is 0 Å². The highest BCUT2D eigenvalue weighted by Crippen LogP contribution is 2.03. The van der Waals surface area contributed by atoms with Gasteiger partial charge in [-0.15, -0.1) is 0 Å². The molecule has 2 nitrogen and oxygen atoms in total. The number of hydrogen-bond acceptors (Lipinski definition) is 2. The molecule has 1 fully saturated rings. The van der Waals surface area contributed by atoms with E-state index in [1.165, 1.54) is 0 Å². The summed E-state index contributed by atoms with van der Waals surface area (Å²) in [6.45, 7) is 4.05. The Balaban J connectivity index is 2.33. The van der Waals surface area contributed by atoms with Crippen molar-refractivity contribution in [3.63, 3.8) is 0 Å². The van der Waals surface area contributed by atoms with Crippen LogP contribution < -0.4 is 0 Å². The van der Waals surface area contributed by atoms with E-state index in [0.717, 1.165) is 13.2 Å². The first kappa shape index (κ1) is 5.06. The second-order valence-electron chi connectivity index (χ2n) is 1.95. The lowest BCUT2D eigenvalue weighted by molar-refractivity contribution is 0.0625. The normalized spacial score (nSPS) is 34.3. The van der Waals surface area contributed by atoms with Crippen molar-refractivity contribution < 1.29 is 4.74 Å². The first-order valence-electron chi connectivity index (χ1n) is 2.62. The second kappa shape index (κ2) is 1.80. The molecule has 0 radical (unpaired) electrons. The van der Waals surface area contributed by atoms with E-state index in [4.69, 9.17) is 4.74 Å². The number of nitrogens with zero attached hydrogens (tertiary/aromatic N) is 1. The second-order valence-corrected chi connectivity index (χ2v) is 1.95. The molecule has 42 valence electrons. The molecule has 1 heterocycles. The molecule has 0 amide bonds. The van der Waals surface area contributed by atoms with Crippen LogP contribution >= 0.6 is 0 Å². The minimum atomic E-state index is 0.347. The Hall–Kier alpha value is -0.0800. The Labute approximate surface area is 44.1 Å². The summed E-state index contributed by atoms with van der Waals surface area (Å²) in [6.07, 6.45) is 0.347. The molecule has 0 N–H and O–H groups in total. The maximum absolute atomic E-state index is 5.19. The minimum absolute atomic E-state index is 0.347. The van der Waals surface area contributed by atoms with E-state index in [1.807, 2.05) is 0 Å². The highest BCUT2D eigenvalue weighted by Gasteiger charge is 2.14. The summed E-state index contributed by atoms with van der Waals surface area (Å²) in [6, 6.07) is 0. The molecule has 0 aromatic heterocycles. The van der Waals surface area contributed by atoms with Crippen LogP contribution in [0, 0.1) is 0 Å². The van der Waals surface area contributed by atoms with E-state index in [-0.39, 0.29) is 0 Å². The zero-order valence-corrected chi connectivity index (χ0v) is 4.85. The van der Waals surface area contributed by atoms with E-state index >= 15 is 0 Å². The quantitative estimate of drug-likeness (QED) is 0.435. The Bertz CT molecular complexity index is 57.1. The molecule has 0 bridgehead atoms. The van der Waals surface area contributed by atoms with Gasteiger partial charge in [0.2, 0.25) is 0 Å². The van der Waals surface area contributed by atoms with Crippen LogP contribution in [0.3, 0.4) is 0 Å². The molecule has 0 spiro atoms. The third-order valence-electron chi connectivity index (χ3n) is 1.42. The van der Waals surface area contributed by atoms with Gasteiger partial charge in [0.1, 0.15) is 6.23 Å². The highest BCUT2D eigenvalue weighted by atomic mass is 16.5. The number of likely N-dealkylation sites (N-methyl/N-ethyl adjacent to an activating group) is 1. The van der Waals surface area contributed by atoms with Crippen LogP contribution in [-0.4, -0.2) is 31.3 Å². The molecular formula is C5H11NO. The molecule has 7 heavy (non-hydrogen) atoms. The molecule has 0 saturated carbocycles. The van der Waals surface area contributed by atoms with Gasteiger partial charge in [-0.2, -0.15) is 0 Å². The Morgan fingerprint density at radius 2 is 2.43 bits per heavy atom. The summed E-state index contributed by atoms with van der Waals surface area (Å²) < 4.78 is 5.19. The topological polar surface area (TPSA) is 12.5 Å². The molecule has 0 aromatic carbocycles. The smallest absolute Gasteiger partial charge is 0.107 e. The monoisotopic (exact) mass is 101 g/mol. The van der Waals surface area contributed by atoms with Gasteiger partial charge >= 0.3 is 0 Å². The minimum Gasteiger partial charge on any atom is -0.362 e. The summed E-state index contributed by atoms with van der Waals surface area (Å²) in [4.78, 5) is 2.18. The van der Waals surface area contributed by atoms with Gasteiger partial charge in [-0.3, -0.25) is 4.90 Å². The van der Waals surface area contributed by atoms with Crippen molar-refractivity contribution in [1.29, 1.82) is 0 Å². The number of rotatable bonds is 0. The molecule has 1 aliphatic rings. The zero-order valence-electron chi connectivity index (χ0n) is 4.85. The van der Waals surface area contributed by atoms with Crippen LogP contribution in [0.5, 0.6) is 0 Å². The standard InChI is InChI=1S/C5H11NO/c1-5-6(2)3-4-7-5/h5H,3-4H2,1-2H3/t5-/m0/s1. The predicted octanol–water partition coefficient (Wildman–Crippen LogP) is 0.294. The lowest BCUT2D eigenvalue weighted by Crippen LogP contribution is -2.21. The third kappa shape index (κ3) is 0.924. The number of hydrogen-bond donors (Lipinski definition) is 0. The van der Waals surface area contributed by atoms with Crippen molar-refractivity contribution in [3.05, 3.63) is 0 Å². The Morgan fingerprint density at radius 1 is 1.71 bits per heavy atom. The maximum Gasteiger partial charge on any atom is 0.107 e. The SMILES string of the molecule is C[C@@H]1OCCN1C. The summed E-state index contributed by atoms with van der Waals surface area (Å²) in [5.74, 6) is 0. The fourth-order valence-corrected chi connectivity index (χ4v) is 0.676. The van der Waals surface area contributed by atoms with Crippen LogP contribution in [0.4, 0.5) is 0 Å². The molecule has 0 unspecified atom stereocenters. The van der Waals surface area contributed by atoms with Gasteiger partial charge in [-0.1, -0.05) is 0 Å². The zero-order chi connectivity index (χ0) is 5.28. The van der Waals surface area contributed by atoms with Crippen LogP contribution in [0.15, 0.2) is 0 Å². The average Bonchev–Trinajstić information content (AvgIpc) is 1.91. The number of ether oxygens (including phenoxy) is 1.